The SMILES string of the molecule is COc1ccc(C(=O)OCc2ccccc2COC(=O)c2ccc(OC)c(OC)c2)cc1OC. The molecule has 0 spiro atoms. The van der Waals surface area contributed by atoms with E-state index in [0.717, 1.165) is 11.1 Å². The Morgan fingerprint density at radius 1 is 0.559 bits per heavy atom. The molecule has 0 saturated carbocycles. The summed E-state index contributed by atoms with van der Waals surface area (Å²) in [4.78, 5) is 25.1. The number of hydrogen-bond donors (Lipinski definition) is 0. The summed E-state index contributed by atoms with van der Waals surface area (Å²) in [5, 5.41) is 0. The Balaban J connectivity index is 1.65. The summed E-state index contributed by atoms with van der Waals surface area (Å²) in [6.07, 6.45) is 0. The van der Waals surface area contributed by atoms with Crippen LogP contribution in [-0.2, 0) is 22.7 Å². The summed E-state index contributed by atoms with van der Waals surface area (Å²) < 4.78 is 31.8. The van der Waals surface area contributed by atoms with Crippen LogP contribution in [0.15, 0.2) is 60.7 Å². The molecule has 0 bridgehead atoms. The van der Waals surface area contributed by atoms with Crippen LogP contribution in [0, 0.1) is 0 Å². The monoisotopic (exact) mass is 466 g/mol. The molecule has 8 nitrogen and oxygen atoms in total. The normalized spacial score (nSPS) is 10.2. The highest BCUT2D eigenvalue weighted by atomic mass is 16.5. The number of esters is 2. The van der Waals surface area contributed by atoms with Crippen LogP contribution in [0.3, 0.4) is 0 Å². The molecule has 0 aromatic heterocycles. The lowest BCUT2D eigenvalue weighted by Crippen LogP contribution is -2.10. The maximum Gasteiger partial charge on any atom is 0.338 e. The third-order valence-electron chi connectivity index (χ3n) is 5.07. The lowest BCUT2D eigenvalue weighted by Gasteiger charge is -2.13. The Hall–Kier alpha value is -4.20. The molecule has 0 fully saturated rings. The van der Waals surface area contributed by atoms with E-state index < -0.39 is 11.9 Å². The molecule has 178 valence electrons. The maximum absolute atomic E-state index is 12.5. The van der Waals surface area contributed by atoms with Crippen molar-refractivity contribution < 1.29 is 38.0 Å². The van der Waals surface area contributed by atoms with Gasteiger partial charge in [-0.1, -0.05) is 24.3 Å². The van der Waals surface area contributed by atoms with Crippen LogP contribution >= 0.6 is 0 Å². The van der Waals surface area contributed by atoms with Crippen LogP contribution in [0.4, 0.5) is 0 Å². The van der Waals surface area contributed by atoms with Gasteiger partial charge in [0.1, 0.15) is 13.2 Å². The second-order valence-corrected chi connectivity index (χ2v) is 7.06. The van der Waals surface area contributed by atoms with Crippen LogP contribution in [0.5, 0.6) is 23.0 Å². The molecule has 3 aromatic carbocycles. The van der Waals surface area contributed by atoms with E-state index in [9.17, 15) is 9.59 Å². The summed E-state index contributed by atoms with van der Waals surface area (Å²) in [5.41, 5.74) is 2.10. The molecular weight excluding hydrogens is 440 g/mol. The van der Waals surface area contributed by atoms with Crippen molar-refractivity contribution in [1.29, 1.82) is 0 Å². The molecule has 0 amide bonds. The van der Waals surface area contributed by atoms with E-state index in [0.29, 0.717) is 34.1 Å². The van der Waals surface area contributed by atoms with Crippen molar-refractivity contribution in [2.75, 3.05) is 28.4 Å². The van der Waals surface area contributed by atoms with Gasteiger partial charge >= 0.3 is 11.9 Å². The standard InChI is InChI=1S/C26H26O8/c1-29-21-11-9-17(13-23(21)31-3)25(27)33-15-19-7-5-6-8-20(19)16-34-26(28)18-10-12-22(30-2)24(14-18)32-4/h5-14H,15-16H2,1-4H3. The maximum atomic E-state index is 12.5. The van der Waals surface area contributed by atoms with E-state index in [1.54, 1.807) is 36.4 Å². The number of carbonyl (C=O) groups excluding carboxylic acids is 2. The molecule has 0 unspecified atom stereocenters. The second-order valence-electron chi connectivity index (χ2n) is 7.06. The lowest BCUT2D eigenvalue weighted by molar-refractivity contribution is 0.0435. The van der Waals surface area contributed by atoms with E-state index in [-0.39, 0.29) is 13.2 Å². The van der Waals surface area contributed by atoms with Crippen molar-refractivity contribution in [2.45, 2.75) is 13.2 Å². The van der Waals surface area contributed by atoms with Crippen molar-refractivity contribution in [3.63, 3.8) is 0 Å². The Labute approximate surface area is 197 Å². The minimum Gasteiger partial charge on any atom is -0.493 e. The molecule has 0 saturated heterocycles. The highest BCUT2D eigenvalue weighted by molar-refractivity contribution is 5.91. The van der Waals surface area contributed by atoms with Crippen LogP contribution in [-0.4, -0.2) is 40.4 Å². The third kappa shape index (κ3) is 5.78. The molecular formula is C26H26O8. The average molecular weight is 466 g/mol. The molecule has 3 aromatic rings. The molecule has 3 rings (SSSR count). The Kier molecular flexibility index (Phi) is 8.34. The molecule has 0 radical (unpaired) electrons. The van der Waals surface area contributed by atoms with Gasteiger partial charge in [0.25, 0.3) is 0 Å². The first kappa shape index (κ1) is 24.4. The van der Waals surface area contributed by atoms with Gasteiger partial charge < -0.3 is 28.4 Å². The van der Waals surface area contributed by atoms with Crippen molar-refractivity contribution in [2.24, 2.45) is 0 Å². The quantitative estimate of drug-likeness (QED) is 0.405. The van der Waals surface area contributed by atoms with E-state index >= 15 is 0 Å². The van der Waals surface area contributed by atoms with Crippen molar-refractivity contribution in [3.8, 4) is 23.0 Å². The fourth-order valence-electron chi connectivity index (χ4n) is 3.22. The number of benzene rings is 3. The van der Waals surface area contributed by atoms with Gasteiger partial charge in [-0.2, -0.15) is 0 Å². The third-order valence-corrected chi connectivity index (χ3v) is 5.07. The predicted molar refractivity (Wildman–Crippen MR) is 124 cm³/mol. The van der Waals surface area contributed by atoms with Crippen LogP contribution < -0.4 is 18.9 Å². The topological polar surface area (TPSA) is 89.5 Å². The molecule has 0 atom stereocenters. The van der Waals surface area contributed by atoms with Gasteiger partial charge in [-0.15, -0.1) is 0 Å². The second kappa shape index (κ2) is 11.6. The van der Waals surface area contributed by atoms with Gasteiger partial charge in [0.15, 0.2) is 23.0 Å². The van der Waals surface area contributed by atoms with Crippen molar-refractivity contribution in [1.82, 2.24) is 0 Å². The highest BCUT2D eigenvalue weighted by Crippen LogP contribution is 2.29. The van der Waals surface area contributed by atoms with E-state index in [2.05, 4.69) is 0 Å². The zero-order valence-electron chi connectivity index (χ0n) is 19.5. The number of rotatable bonds is 10. The minimum absolute atomic E-state index is 0.0112. The number of methoxy groups -OCH3 is 4. The summed E-state index contributed by atoms with van der Waals surface area (Å²) in [5.74, 6) is 0.858. The molecule has 0 aliphatic rings. The van der Waals surface area contributed by atoms with Crippen LogP contribution in [0.1, 0.15) is 31.8 Å². The summed E-state index contributed by atoms with van der Waals surface area (Å²) in [7, 11) is 6.02. The van der Waals surface area contributed by atoms with Gasteiger partial charge in [0, 0.05) is 0 Å². The fourth-order valence-corrected chi connectivity index (χ4v) is 3.22. The summed E-state index contributed by atoms with van der Waals surface area (Å²) in [6, 6.07) is 16.8. The Morgan fingerprint density at radius 3 is 1.29 bits per heavy atom. The van der Waals surface area contributed by atoms with Gasteiger partial charge in [-0.3, -0.25) is 0 Å². The first-order chi connectivity index (χ1) is 16.5. The predicted octanol–water partition coefficient (Wildman–Crippen LogP) is 4.44. The van der Waals surface area contributed by atoms with Crippen LogP contribution in [0.25, 0.3) is 0 Å². The van der Waals surface area contributed by atoms with Gasteiger partial charge in [0.05, 0.1) is 39.6 Å². The lowest BCUT2D eigenvalue weighted by atomic mass is 10.1. The van der Waals surface area contributed by atoms with Crippen molar-refractivity contribution >= 4 is 11.9 Å². The molecule has 8 heteroatoms. The fraction of sp³-hybridized carbons (Fsp3) is 0.231. The zero-order chi connectivity index (χ0) is 24.5. The van der Waals surface area contributed by atoms with Gasteiger partial charge in [0.2, 0.25) is 0 Å². The number of hydrogen-bond acceptors (Lipinski definition) is 8. The van der Waals surface area contributed by atoms with Crippen LogP contribution in [0.2, 0.25) is 0 Å². The molecule has 0 aliphatic heterocycles. The first-order valence-corrected chi connectivity index (χ1v) is 10.4. The average Bonchev–Trinajstić information content (AvgIpc) is 2.89. The van der Waals surface area contributed by atoms with E-state index in [1.165, 1.54) is 28.4 Å². The molecule has 0 heterocycles. The number of carbonyl (C=O) groups is 2. The summed E-state index contributed by atoms with van der Waals surface area (Å²) in [6.45, 7) is 0.0223. The zero-order valence-corrected chi connectivity index (χ0v) is 19.5. The molecule has 34 heavy (non-hydrogen) atoms. The van der Waals surface area contributed by atoms with E-state index in [4.69, 9.17) is 28.4 Å². The van der Waals surface area contributed by atoms with Gasteiger partial charge in [-0.25, -0.2) is 9.59 Å². The van der Waals surface area contributed by atoms with E-state index in [1.807, 2.05) is 24.3 Å². The smallest absolute Gasteiger partial charge is 0.338 e. The molecule has 0 N–H and O–H groups in total. The summed E-state index contributed by atoms with van der Waals surface area (Å²) >= 11 is 0. The Bertz CT molecular complexity index is 1060. The largest absolute Gasteiger partial charge is 0.493 e. The first-order valence-electron chi connectivity index (χ1n) is 10.4. The molecule has 0 aliphatic carbocycles. The minimum atomic E-state index is -0.516. The van der Waals surface area contributed by atoms with Gasteiger partial charge in [-0.05, 0) is 47.5 Å². The van der Waals surface area contributed by atoms with Crippen molar-refractivity contribution in [3.05, 3.63) is 82.9 Å². The Morgan fingerprint density at radius 2 is 0.941 bits per heavy atom. The number of ether oxygens (including phenoxy) is 6. The highest BCUT2D eigenvalue weighted by Gasteiger charge is 2.15.